The Labute approximate surface area is 613 Å². The first-order valence-electron chi connectivity index (χ1n) is 36.2. The van der Waals surface area contributed by atoms with Gasteiger partial charge >= 0.3 is 18.4 Å². The third-order valence-corrected chi connectivity index (χ3v) is 21.7. The van der Waals surface area contributed by atoms with Crippen LogP contribution in [0.3, 0.4) is 0 Å². The number of nitrogens with zero attached hydrogens (tertiary/aromatic N) is 10. The Morgan fingerprint density at radius 3 is 1.89 bits per heavy atom. The van der Waals surface area contributed by atoms with Gasteiger partial charge in [0.15, 0.2) is 5.78 Å². The summed E-state index contributed by atoms with van der Waals surface area (Å²) in [6.45, 7) is 3.44. The molecule has 2 saturated carbocycles. The summed E-state index contributed by atoms with van der Waals surface area (Å²) >= 11 is 0. The van der Waals surface area contributed by atoms with Crippen LogP contribution in [0.2, 0.25) is 0 Å². The molecule has 1 spiro atoms. The summed E-state index contributed by atoms with van der Waals surface area (Å²) in [5.74, 6) is -14.6. The van der Waals surface area contributed by atoms with Crippen LogP contribution in [0.25, 0.3) is 0 Å². The normalized spacial score (nSPS) is 26.7. The van der Waals surface area contributed by atoms with E-state index in [4.69, 9.17) is 0 Å². The van der Waals surface area contributed by atoms with Crippen molar-refractivity contribution >= 4 is 70.9 Å². The molecule has 6 aliphatic rings. The lowest BCUT2D eigenvalue weighted by Crippen LogP contribution is -2.69. The highest BCUT2D eigenvalue weighted by atomic mass is 19.4. The van der Waals surface area contributed by atoms with E-state index < -0.39 is 236 Å². The van der Waals surface area contributed by atoms with Crippen molar-refractivity contribution in [2.45, 2.75) is 203 Å². The summed E-state index contributed by atoms with van der Waals surface area (Å²) in [7, 11) is 10.7. The summed E-state index contributed by atoms with van der Waals surface area (Å²) in [4.78, 5) is 190. The van der Waals surface area contributed by atoms with Crippen molar-refractivity contribution in [3.8, 4) is 0 Å². The van der Waals surface area contributed by atoms with Crippen molar-refractivity contribution < 1.29 is 97.8 Å². The Morgan fingerprint density at radius 2 is 1.33 bits per heavy atom. The minimum atomic E-state index is -5.49. The Bertz CT molecular complexity index is 3550. The van der Waals surface area contributed by atoms with Gasteiger partial charge in [-0.05, 0) is 126 Å². The highest BCUT2D eigenvalue weighted by molar-refractivity contribution is 6.02. The zero-order valence-corrected chi connectivity index (χ0v) is 62.4. The third kappa shape index (κ3) is 19.9. The fraction of sp³-hybridized carbons (Fsp3) is 0.671. The number of allylic oxidation sites excluding steroid dienone is 3. The number of carbonyl (C=O) groups excluding carboxylic acids is 12. The van der Waals surface area contributed by atoms with Crippen molar-refractivity contribution in [2.75, 3.05) is 95.6 Å². The number of hydrogen-bond acceptors (Lipinski definition) is 14. The highest BCUT2D eigenvalue weighted by Crippen LogP contribution is 2.40. The molecule has 3 aliphatic heterocycles. The molecule has 4 fully saturated rings. The molecule has 3 aliphatic carbocycles. The number of Topliss-reactive ketones (excluding diaryl/α,β-unsaturated/α-hetero) is 1. The second kappa shape index (κ2) is 35.6. The van der Waals surface area contributed by atoms with E-state index in [1.807, 2.05) is 13.8 Å². The van der Waals surface area contributed by atoms with Gasteiger partial charge in [0, 0.05) is 74.5 Å². The van der Waals surface area contributed by atoms with Crippen LogP contribution in [0.4, 0.5) is 39.9 Å². The maximum absolute atomic E-state index is 15.4. The number of ketones is 1. The van der Waals surface area contributed by atoms with E-state index in [1.54, 1.807) is 26.0 Å². The quantitative estimate of drug-likeness (QED) is 0.179. The average molecular weight is 1510 g/mol. The molecule has 106 heavy (non-hydrogen) atoms. The number of amides is 12. The van der Waals surface area contributed by atoms with E-state index in [0.29, 0.717) is 55.6 Å². The number of alkyl halides is 6. The van der Waals surface area contributed by atoms with Crippen LogP contribution in [-0.4, -0.2) is 281 Å². The molecular formula is C73H102F8N12O13. The molecule has 0 radical (unpaired) electrons. The number of likely N-dealkylation sites (N-methyl/N-ethyl adjacent to an activating group) is 7. The molecule has 3 N–H and O–H groups in total. The number of imide groups is 1. The molecule has 0 unspecified atom stereocenters. The van der Waals surface area contributed by atoms with E-state index in [9.17, 15) is 55.4 Å². The van der Waals surface area contributed by atoms with Gasteiger partial charge in [0.05, 0.1) is 38.2 Å². The number of aliphatic hydroxyl groups is 1. The number of halogens is 8. The van der Waals surface area contributed by atoms with Crippen molar-refractivity contribution in [3.05, 3.63) is 70.3 Å². The first-order valence-corrected chi connectivity index (χ1v) is 36.2. The van der Waals surface area contributed by atoms with Crippen LogP contribution >= 0.6 is 0 Å². The topological polar surface area (TPSA) is 282 Å². The largest absolute Gasteiger partial charge is 0.422 e. The average Bonchev–Trinajstić information content (AvgIpc) is 1.27. The number of nitrogens with one attached hydrogen (secondary N) is 2. The van der Waals surface area contributed by atoms with Gasteiger partial charge in [0.1, 0.15) is 59.0 Å². The minimum Gasteiger partial charge on any atom is -0.390 e. The van der Waals surface area contributed by atoms with Gasteiger partial charge < -0.3 is 54.9 Å². The Morgan fingerprint density at radius 1 is 0.689 bits per heavy atom. The van der Waals surface area contributed by atoms with E-state index in [0.717, 1.165) is 48.6 Å². The maximum atomic E-state index is 15.4. The fourth-order valence-corrected chi connectivity index (χ4v) is 15.0. The fourth-order valence-electron chi connectivity index (χ4n) is 15.0. The molecule has 9 atom stereocenters. The minimum absolute atomic E-state index is 0.0406. The predicted octanol–water partition coefficient (Wildman–Crippen LogP) is 5.62. The maximum Gasteiger partial charge on any atom is 0.422 e. The number of benzene rings is 1. The van der Waals surface area contributed by atoms with Gasteiger partial charge in [0.25, 0.3) is 0 Å². The van der Waals surface area contributed by atoms with E-state index in [2.05, 4.69) is 10.6 Å². The number of carbonyl (C=O) groups is 12. The molecule has 588 valence electrons. The van der Waals surface area contributed by atoms with Gasteiger partial charge in [-0.15, -0.1) is 0 Å². The summed E-state index contributed by atoms with van der Waals surface area (Å²) in [6, 6.07) is -11.0. The standard InChI is InChI=1S/C73H102F8N12O13/c1-13-43(4)60-55(95)39-85(7)40-57(97)87(9)50-22-15-14-18-31-91(67(50)103)53(37-44-23-25-47(26-24-44)72(76,77)78)66(102)86(8)41-58(98)92(32-27-45-35-48(74)59(49(75)36-45)73(79,80)81)70(106)93-33-28-54(94)62(93)64(100)83-71(29-19-30-71)69(105)90(12)61(46-20-16-17-21-46)68(104)89(11)52(65(101)84(5)6)38-56(96)88(10)51(34-42(2)3)63(99)82-60/h14-15,23,25,35-36,42-43,46,50-54,60-62,94H,13,16-22,24,26-34,37-41H2,1-12H3,(H,82,99)(H,83,100)/b15-14-/t43-,50-,51-,52-,53-,54-,60-,61+,62-/m0/s1. The lowest BCUT2D eigenvalue weighted by molar-refractivity contribution is -0.157. The highest BCUT2D eigenvalue weighted by Gasteiger charge is 2.54. The van der Waals surface area contributed by atoms with Gasteiger partial charge in [-0.3, -0.25) is 62.5 Å². The lowest BCUT2D eigenvalue weighted by Gasteiger charge is -2.47. The third-order valence-electron chi connectivity index (χ3n) is 21.7. The Balaban J connectivity index is 1.34. The van der Waals surface area contributed by atoms with Gasteiger partial charge in [-0.1, -0.05) is 76.8 Å². The van der Waals surface area contributed by atoms with Crippen LogP contribution in [0, 0.1) is 29.4 Å². The van der Waals surface area contributed by atoms with Crippen LogP contribution in [0.5, 0.6) is 0 Å². The molecule has 1 aromatic carbocycles. The van der Waals surface area contributed by atoms with E-state index >= 15 is 42.3 Å². The van der Waals surface area contributed by atoms with Crippen molar-refractivity contribution in [1.82, 2.24) is 59.6 Å². The molecule has 12 amide bonds. The number of fused-ring (bicyclic) bond motifs is 3. The van der Waals surface area contributed by atoms with Gasteiger partial charge in [-0.2, -0.15) is 26.3 Å². The first kappa shape index (κ1) is 84.9. The zero-order chi connectivity index (χ0) is 78.9. The molecule has 2 bridgehead atoms. The van der Waals surface area contributed by atoms with E-state index in [-0.39, 0.29) is 63.0 Å². The molecule has 3 heterocycles. The van der Waals surface area contributed by atoms with Crippen molar-refractivity contribution in [3.63, 3.8) is 0 Å². The van der Waals surface area contributed by atoms with Gasteiger partial charge in [0.2, 0.25) is 59.1 Å². The monoisotopic (exact) mass is 1510 g/mol. The first-order chi connectivity index (χ1) is 49.5. The molecular weight excluding hydrogens is 1400 g/mol. The number of hydrogen-bond donors (Lipinski definition) is 3. The van der Waals surface area contributed by atoms with E-state index in [1.165, 1.54) is 64.0 Å². The van der Waals surface area contributed by atoms with Crippen LogP contribution in [0.1, 0.15) is 142 Å². The van der Waals surface area contributed by atoms with Crippen LogP contribution in [-0.2, 0) is 65.3 Å². The van der Waals surface area contributed by atoms with Crippen molar-refractivity contribution in [2.24, 2.45) is 17.8 Å². The lowest BCUT2D eigenvalue weighted by atomic mass is 9.74. The summed E-state index contributed by atoms with van der Waals surface area (Å²) in [5, 5.41) is 17.3. The Hall–Kier alpha value is -8.36. The SMILES string of the molecule is CC[C@H](C)[C@@H]1NC(=O)[C@H](CC(C)C)N(C)C(=O)C[C@@H](C(=O)N(C)C)N(C)C(=O)[C@@H](C2CCCC2)N(C)C(=O)C2(CCC2)NC(=O)[C@@H]2[C@@H](O)CCN2C(=O)N(CCc2cc(F)c(C(F)(F)F)c(F)c2)C(=O)CN(C)C(=O)[C@H](CC2=CC=C(C(F)(F)F)CC2)N2CC/C=C\C[C@@H](C2=O)N(C)C(=O)CN(C)CC1=O. The molecule has 1 aromatic rings. The summed E-state index contributed by atoms with van der Waals surface area (Å²) in [6.07, 6.45) is -6.84. The molecule has 7 rings (SSSR count). The van der Waals surface area contributed by atoms with Crippen molar-refractivity contribution in [1.29, 1.82) is 0 Å². The zero-order valence-electron chi connectivity index (χ0n) is 62.4. The second-order valence-corrected chi connectivity index (χ2v) is 29.9. The Kier molecular flexibility index (Phi) is 28.5. The van der Waals surface area contributed by atoms with Crippen LogP contribution in [0.15, 0.2) is 47.6 Å². The smallest absolute Gasteiger partial charge is 0.390 e. The molecule has 25 nitrogen and oxygen atoms in total. The number of urea groups is 1. The summed E-state index contributed by atoms with van der Waals surface area (Å²) in [5.41, 5.74) is -5.18. The number of rotatable bonds is 11. The number of aliphatic hydroxyl groups excluding tert-OH is 1. The molecule has 33 heteroatoms. The summed E-state index contributed by atoms with van der Waals surface area (Å²) < 4.78 is 114. The van der Waals surface area contributed by atoms with Crippen LogP contribution < -0.4 is 10.6 Å². The predicted molar refractivity (Wildman–Crippen MR) is 370 cm³/mol. The molecule has 2 saturated heterocycles. The molecule has 0 aromatic heterocycles. The second-order valence-electron chi connectivity index (χ2n) is 29.9. The van der Waals surface area contributed by atoms with Gasteiger partial charge in [-0.25, -0.2) is 13.6 Å².